The van der Waals surface area contributed by atoms with Gasteiger partial charge in [-0.15, -0.1) is 0 Å². The van der Waals surface area contributed by atoms with Crippen LogP contribution in [-0.2, 0) is 0 Å². The quantitative estimate of drug-likeness (QED) is 0.669. The highest BCUT2D eigenvalue weighted by molar-refractivity contribution is 7.22. The first-order valence-electron chi connectivity index (χ1n) is 7.48. The fourth-order valence-electron chi connectivity index (χ4n) is 2.29. The molecule has 6 nitrogen and oxygen atoms in total. The lowest BCUT2D eigenvalue weighted by atomic mass is 10.3. The third-order valence-electron chi connectivity index (χ3n) is 3.45. The molecule has 8 heteroatoms. The topological polar surface area (TPSA) is 62.5 Å². The van der Waals surface area contributed by atoms with Crippen molar-refractivity contribution in [2.45, 2.75) is 6.42 Å². The lowest BCUT2D eigenvalue weighted by molar-refractivity contribution is 0.0950. The molecule has 2 aromatic heterocycles. The molecule has 3 rings (SSSR count). The molecule has 0 aliphatic carbocycles. The van der Waals surface area contributed by atoms with Crippen molar-refractivity contribution in [2.24, 2.45) is 0 Å². The Labute approximate surface area is 148 Å². The number of amides is 1. The SMILES string of the molecule is CN(C)CCCN(C(=O)c1ccno1)c1nc2ccc(Cl)cc2s1. The van der Waals surface area contributed by atoms with Crippen molar-refractivity contribution in [1.82, 2.24) is 15.0 Å². The van der Waals surface area contributed by atoms with Crippen LogP contribution in [0.4, 0.5) is 5.13 Å². The Morgan fingerprint density at radius 2 is 2.12 bits per heavy atom. The number of nitrogens with zero attached hydrogens (tertiary/aromatic N) is 4. The Morgan fingerprint density at radius 1 is 1.29 bits per heavy atom. The highest BCUT2D eigenvalue weighted by Gasteiger charge is 2.23. The third-order valence-corrected chi connectivity index (χ3v) is 4.73. The van der Waals surface area contributed by atoms with E-state index in [9.17, 15) is 4.79 Å². The lowest BCUT2D eigenvalue weighted by Crippen LogP contribution is -2.33. The molecule has 0 aliphatic rings. The number of rotatable bonds is 6. The van der Waals surface area contributed by atoms with Crippen molar-refractivity contribution >= 4 is 44.2 Å². The number of benzene rings is 1. The van der Waals surface area contributed by atoms with E-state index in [2.05, 4.69) is 15.0 Å². The largest absolute Gasteiger partial charge is 0.351 e. The van der Waals surface area contributed by atoms with E-state index in [1.54, 1.807) is 17.0 Å². The van der Waals surface area contributed by atoms with Crippen LogP contribution in [0.3, 0.4) is 0 Å². The molecule has 1 aromatic carbocycles. The summed E-state index contributed by atoms with van der Waals surface area (Å²) in [4.78, 5) is 21.0. The van der Waals surface area contributed by atoms with Gasteiger partial charge in [0.05, 0.1) is 16.4 Å². The highest BCUT2D eigenvalue weighted by Crippen LogP contribution is 2.31. The number of halogens is 1. The Hall–Kier alpha value is -1.96. The van der Waals surface area contributed by atoms with E-state index in [1.165, 1.54) is 17.5 Å². The van der Waals surface area contributed by atoms with E-state index >= 15 is 0 Å². The molecule has 0 unspecified atom stereocenters. The van der Waals surface area contributed by atoms with Crippen molar-refractivity contribution in [3.8, 4) is 0 Å². The molecule has 0 saturated heterocycles. The van der Waals surface area contributed by atoms with Crippen molar-refractivity contribution in [3.63, 3.8) is 0 Å². The van der Waals surface area contributed by atoms with Gasteiger partial charge in [0.25, 0.3) is 5.91 Å². The Kier molecular flexibility index (Phi) is 5.13. The second-order valence-electron chi connectivity index (χ2n) is 5.60. The maximum atomic E-state index is 12.7. The number of carbonyl (C=O) groups excluding carboxylic acids is 1. The van der Waals surface area contributed by atoms with Crippen LogP contribution in [0.1, 0.15) is 17.0 Å². The van der Waals surface area contributed by atoms with Gasteiger partial charge >= 0.3 is 0 Å². The molecular formula is C16H17ClN4O2S. The summed E-state index contributed by atoms with van der Waals surface area (Å²) in [6, 6.07) is 7.07. The molecule has 126 valence electrons. The summed E-state index contributed by atoms with van der Waals surface area (Å²) < 4.78 is 5.97. The number of fused-ring (bicyclic) bond motifs is 1. The van der Waals surface area contributed by atoms with Gasteiger partial charge in [-0.1, -0.05) is 28.1 Å². The molecule has 0 bridgehead atoms. The van der Waals surface area contributed by atoms with Crippen LogP contribution in [0.5, 0.6) is 0 Å². The van der Waals surface area contributed by atoms with E-state index in [0.29, 0.717) is 16.7 Å². The molecule has 1 amide bonds. The van der Waals surface area contributed by atoms with E-state index in [4.69, 9.17) is 16.1 Å². The number of hydrogen-bond donors (Lipinski definition) is 0. The van der Waals surface area contributed by atoms with E-state index in [-0.39, 0.29) is 11.7 Å². The summed E-state index contributed by atoms with van der Waals surface area (Å²) in [5, 5.41) is 4.90. The molecule has 0 fully saturated rings. The molecule has 0 N–H and O–H groups in total. The molecule has 3 aromatic rings. The minimum Gasteiger partial charge on any atom is -0.351 e. The van der Waals surface area contributed by atoms with Crippen LogP contribution >= 0.6 is 22.9 Å². The predicted molar refractivity (Wildman–Crippen MR) is 96.0 cm³/mol. The van der Waals surface area contributed by atoms with Crippen LogP contribution in [0.25, 0.3) is 10.2 Å². The smallest absolute Gasteiger partial charge is 0.298 e. The molecular weight excluding hydrogens is 348 g/mol. The van der Waals surface area contributed by atoms with E-state index in [1.807, 2.05) is 26.2 Å². The maximum Gasteiger partial charge on any atom is 0.298 e. The van der Waals surface area contributed by atoms with Crippen molar-refractivity contribution in [3.05, 3.63) is 41.2 Å². The third kappa shape index (κ3) is 3.75. The Balaban J connectivity index is 1.91. The highest BCUT2D eigenvalue weighted by atomic mass is 35.5. The average molecular weight is 365 g/mol. The number of aromatic nitrogens is 2. The zero-order valence-corrected chi connectivity index (χ0v) is 15.0. The lowest BCUT2D eigenvalue weighted by Gasteiger charge is -2.19. The number of thiazole rings is 1. The Morgan fingerprint density at radius 3 is 2.83 bits per heavy atom. The van der Waals surface area contributed by atoms with Crippen LogP contribution < -0.4 is 4.90 Å². The second kappa shape index (κ2) is 7.29. The first-order valence-corrected chi connectivity index (χ1v) is 8.67. The molecule has 0 radical (unpaired) electrons. The fraction of sp³-hybridized carbons (Fsp3) is 0.312. The monoisotopic (exact) mass is 364 g/mol. The zero-order valence-electron chi connectivity index (χ0n) is 13.4. The van der Waals surface area contributed by atoms with Gasteiger partial charge in [-0.2, -0.15) is 0 Å². The van der Waals surface area contributed by atoms with E-state index < -0.39 is 0 Å². The molecule has 0 spiro atoms. The minimum absolute atomic E-state index is 0.206. The van der Waals surface area contributed by atoms with Gasteiger partial charge < -0.3 is 9.42 Å². The van der Waals surface area contributed by atoms with Crippen molar-refractivity contribution in [1.29, 1.82) is 0 Å². The number of anilines is 1. The van der Waals surface area contributed by atoms with Crippen LogP contribution in [0.2, 0.25) is 5.02 Å². The summed E-state index contributed by atoms with van der Waals surface area (Å²) >= 11 is 7.48. The first kappa shape index (κ1) is 16.9. The summed E-state index contributed by atoms with van der Waals surface area (Å²) in [6.45, 7) is 1.42. The molecule has 0 atom stereocenters. The summed E-state index contributed by atoms with van der Waals surface area (Å²) in [5.41, 5.74) is 0.822. The molecule has 0 aliphatic heterocycles. The average Bonchev–Trinajstić information content (AvgIpc) is 3.19. The van der Waals surface area contributed by atoms with Crippen LogP contribution in [0, 0.1) is 0 Å². The zero-order chi connectivity index (χ0) is 17.1. The van der Waals surface area contributed by atoms with Gasteiger partial charge in [-0.3, -0.25) is 9.69 Å². The van der Waals surface area contributed by atoms with Crippen molar-refractivity contribution in [2.75, 3.05) is 32.1 Å². The van der Waals surface area contributed by atoms with Crippen LogP contribution in [-0.4, -0.2) is 48.1 Å². The fourth-order valence-corrected chi connectivity index (χ4v) is 3.56. The molecule has 2 heterocycles. The molecule has 0 saturated carbocycles. The predicted octanol–water partition coefficient (Wildman–Crippen LogP) is 3.54. The van der Waals surface area contributed by atoms with E-state index in [0.717, 1.165) is 23.2 Å². The van der Waals surface area contributed by atoms with Gasteiger partial charge in [0, 0.05) is 17.6 Å². The van der Waals surface area contributed by atoms with Gasteiger partial charge in [-0.05, 0) is 45.3 Å². The summed E-state index contributed by atoms with van der Waals surface area (Å²) in [6.07, 6.45) is 2.28. The van der Waals surface area contributed by atoms with Gasteiger partial charge in [0.2, 0.25) is 5.76 Å². The molecule has 24 heavy (non-hydrogen) atoms. The van der Waals surface area contributed by atoms with Gasteiger partial charge in [0.1, 0.15) is 0 Å². The van der Waals surface area contributed by atoms with Crippen molar-refractivity contribution < 1.29 is 9.32 Å². The maximum absolute atomic E-state index is 12.7. The number of carbonyl (C=O) groups is 1. The summed E-state index contributed by atoms with van der Waals surface area (Å²) in [5.74, 6) is -0.0337. The second-order valence-corrected chi connectivity index (χ2v) is 7.04. The number of hydrogen-bond acceptors (Lipinski definition) is 6. The van der Waals surface area contributed by atoms with Crippen LogP contribution in [0.15, 0.2) is 35.0 Å². The van der Waals surface area contributed by atoms with Gasteiger partial charge in [-0.25, -0.2) is 4.98 Å². The Bertz CT molecular complexity index is 832. The van der Waals surface area contributed by atoms with Gasteiger partial charge in [0.15, 0.2) is 5.13 Å². The first-order chi connectivity index (χ1) is 11.5. The standard InChI is InChI=1S/C16H17ClN4O2S/c1-20(2)8-3-9-21(15(22)13-6-7-18-23-13)16-19-12-5-4-11(17)10-14(12)24-16/h4-7,10H,3,8-9H2,1-2H3. The summed E-state index contributed by atoms with van der Waals surface area (Å²) in [7, 11) is 4.00. The minimum atomic E-state index is -0.239. The normalized spacial score (nSPS) is 11.3.